The van der Waals surface area contributed by atoms with E-state index in [4.69, 9.17) is 22.1 Å². The first-order chi connectivity index (χ1) is 14.4. The molecule has 162 valence electrons. The Kier molecular flexibility index (Phi) is 7.13. The fraction of sp³-hybridized carbons (Fsp3) is 0.444. The standard InChI is InChI=1S/C18H23FN6O4S/c1-29-18(30)20-9-12-10-25(22-21-12)13-2-3-15(14(19)8-13)23-4-6-24(7-5-23)17(28)16(27)11-26/h2-3,8,10,16,26-27H,4-7,9,11H2,1H3,(H,20,30). The molecular weight excluding hydrogens is 415 g/mol. The minimum Gasteiger partial charge on any atom is -0.474 e. The van der Waals surface area contributed by atoms with Crippen LogP contribution in [-0.4, -0.2) is 87.2 Å². The van der Waals surface area contributed by atoms with Crippen molar-refractivity contribution in [3.8, 4) is 5.69 Å². The van der Waals surface area contributed by atoms with Gasteiger partial charge in [-0.3, -0.25) is 4.79 Å². The second-order valence-corrected chi connectivity index (χ2v) is 7.02. The van der Waals surface area contributed by atoms with Gasteiger partial charge in [0.05, 0.1) is 37.8 Å². The Morgan fingerprint density at radius 3 is 2.73 bits per heavy atom. The zero-order valence-corrected chi connectivity index (χ0v) is 17.2. The highest BCUT2D eigenvalue weighted by atomic mass is 32.1. The molecule has 2 aromatic rings. The third-order valence-electron chi connectivity index (χ3n) is 4.73. The van der Waals surface area contributed by atoms with Crippen molar-refractivity contribution in [2.75, 3.05) is 44.8 Å². The molecule has 1 aliphatic heterocycles. The molecule has 3 N–H and O–H groups in total. The van der Waals surface area contributed by atoms with Gasteiger partial charge in [-0.05, 0) is 24.4 Å². The van der Waals surface area contributed by atoms with E-state index in [2.05, 4.69) is 15.6 Å². The summed E-state index contributed by atoms with van der Waals surface area (Å²) in [6.07, 6.45) is 0.247. The first-order valence-corrected chi connectivity index (χ1v) is 9.69. The quantitative estimate of drug-likeness (QED) is 0.510. The summed E-state index contributed by atoms with van der Waals surface area (Å²) in [7, 11) is 1.46. The van der Waals surface area contributed by atoms with E-state index in [0.717, 1.165) is 0 Å². The summed E-state index contributed by atoms with van der Waals surface area (Å²) < 4.78 is 21.1. The highest BCUT2D eigenvalue weighted by Crippen LogP contribution is 2.23. The minimum absolute atomic E-state index is 0.243. The number of nitrogens with zero attached hydrogens (tertiary/aromatic N) is 5. The number of carbonyl (C=O) groups excluding carboxylic acids is 1. The summed E-state index contributed by atoms with van der Waals surface area (Å²) in [6, 6.07) is 4.76. The van der Waals surface area contributed by atoms with Gasteiger partial charge in [0.2, 0.25) is 0 Å². The molecule has 1 aromatic heterocycles. The second kappa shape index (κ2) is 9.78. The molecule has 0 saturated carbocycles. The predicted octanol–water partition coefficient (Wildman–Crippen LogP) is -0.571. The first-order valence-electron chi connectivity index (χ1n) is 9.28. The Morgan fingerprint density at radius 2 is 2.10 bits per heavy atom. The van der Waals surface area contributed by atoms with Crippen LogP contribution < -0.4 is 10.2 Å². The maximum absolute atomic E-state index is 14.8. The van der Waals surface area contributed by atoms with Crippen LogP contribution in [-0.2, 0) is 16.1 Å². The molecular formula is C18H23FN6O4S. The summed E-state index contributed by atoms with van der Waals surface area (Å²) in [6.45, 7) is 1.21. The maximum atomic E-state index is 14.8. The van der Waals surface area contributed by atoms with E-state index < -0.39 is 24.4 Å². The molecule has 0 spiro atoms. The van der Waals surface area contributed by atoms with Crippen molar-refractivity contribution in [2.45, 2.75) is 12.6 Å². The van der Waals surface area contributed by atoms with Gasteiger partial charge in [-0.25, -0.2) is 9.07 Å². The van der Waals surface area contributed by atoms with E-state index in [9.17, 15) is 14.3 Å². The van der Waals surface area contributed by atoms with Crippen molar-refractivity contribution < 1.29 is 24.1 Å². The van der Waals surface area contributed by atoms with Gasteiger partial charge >= 0.3 is 0 Å². The average molecular weight is 438 g/mol. The number of halogens is 1. The lowest BCUT2D eigenvalue weighted by molar-refractivity contribution is -0.142. The van der Waals surface area contributed by atoms with Crippen LogP contribution in [0.25, 0.3) is 5.69 Å². The highest BCUT2D eigenvalue weighted by Gasteiger charge is 2.26. The number of hydrogen-bond acceptors (Lipinski definition) is 8. The lowest BCUT2D eigenvalue weighted by atomic mass is 10.2. The third-order valence-corrected chi connectivity index (χ3v) is 5.04. The van der Waals surface area contributed by atoms with Crippen LogP contribution >= 0.6 is 12.2 Å². The van der Waals surface area contributed by atoms with Crippen LogP contribution in [0, 0.1) is 5.82 Å². The number of anilines is 1. The number of aliphatic hydroxyl groups excluding tert-OH is 2. The fourth-order valence-corrected chi connectivity index (χ4v) is 3.16. The number of aliphatic hydroxyl groups is 2. The predicted molar refractivity (Wildman–Crippen MR) is 110 cm³/mol. The molecule has 1 amide bonds. The Balaban J connectivity index is 1.63. The number of carbonyl (C=O) groups is 1. The largest absolute Gasteiger partial charge is 0.474 e. The van der Waals surface area contributed by atoms with Gasteiger partial charge in [-0.15, -0.1) is 5.10 Å². The molecule has 12 heteroatoms. The molecule has 2 heterocycles. The number of aromatic nitrogens is 3. The van der Waals surface area contributed by atoms with Crippen molar-refractivity contribution in [1.82, 2.24) is 25.2 Å². The van der Waals surface area contributed by atoms with Gasteiger partial charge in [0.15, 0.2) is 6.10 Å². The molecule has 1 aromatic carbocycles. The number of ether oxygens (including phenoxy) is 1. The van der Waals surface area contributed by atoms with Gasteiger partial charge in [0.1, 0.15) is 11.5 Å². The molecule has 0 bridgehead atoms. The normalized spacial score (nSPS) is 15.1. The van der Waals surface area contributed by atoms with Crippen molar-refractivity contribution in [2.24, 2.45) is 0 Å². The zero-order valence-electron chi connectivity index (χ0n) is 16.4. The van der Waals surface area contributed by atoms with Crippen LogP contribution in [0.4, 0.5) is 10.1 Å². The van der Waals surface area contributed by atoms with Crippen molar-refractivity contribution in [1.29, 1.82) is 0 Å². The summed E-state index contributed by atoms with van der Waals surface area (Å²) in [5.74, 6) is -0.936. The number of methoxy groups -OCH3 is 1. The smallest absolute Gasteiger partial charge is 0.256 e. The molecule has 1 aliphatic rings. The third kappa shape index (κ3) is 5.01. The SMILES string of the molecule is COC(=S)NCc1cn(-c2ccc(N3CCN(C(=O)C(O)CO)CC3)c(F)c2)nn1. The van der Waals surface area contributed by atoms with E-state index in [1.807, 2.05) is 4.90 Å². The number of hydrogen-bond donors (Lipinski definition) is 3. The molecule has 0 aliphatic carbocycles. The maximum Gasteiger partial charge on any atom is 0.256 e. The van der Waals surface area contributed by atoms with E-state index in [0.29, 0.717) is 49.8 Å². The second-order valence-electron chi connectivity index (χ2n) is 6.65. The fourth-order valence-electron chi connectivity index (χ4n) is 3.09. The number of nitrogens with one attached hydrogen (secondary N) is 1. The van der Waals surface area contributed by atoms with Gasteiger partial charge < -0.3 is 30.1 Å². The summed E-state index contributed by atoms with van der Waals surface area (Å²) >= 11 is 4.90. The number of piperazine rings is 1. The van der Waals surface area contributed by atoms with E-state index in [-0.39, 0.29) is 5.17 Å². The molecule has 3 rings (SSSR count). The molecule has 0 radical (unpaired) electrons. The highest BCUT2D eigenvalue weighted by molar-refractivity contribution is 7.80. The zero-order chi connectivity index (χ0) is 21.7. The topological polar surface area (TPSA) is 116 Å². The van der Waals surface area contributed by atoms with Crippen LogP contribution in [0.1, 0.15) is 5.69 Å². The van der Waals surface area contributed by atoms with Gasteiger partial charge in [0.25, 0.3) is 11.1 Å². The molecule has 30 heavy (non-hydrogen) atoms. The van der Waals surface area contributed by atoms with Crippen LogP contribution in [0.15, 0.2) is 24.4 Å². The lowest BCUT2D eigenvalue weighted by Gasteiger charge is -2.36. The van der Waals surface area contributed by atoms with Crippen LogP contribution in [0.2, 0.25) is 0 Å². The number of rotatable bonds is 6. The average Bonchev–Trinajstić information content (AvgIpc) is 3.25. The number of thiocarbonyl (C=S) groups is 1. The van der Waals surface area contributed by atoms with E-state index in [1.165, 1.54) is 22.8 Å². The van der Waals surface area contributed by atoms with Gasteiger partial charge in [-0.1, -0.05) is 5.21 Å². The molecule has 1 saturated heterocycles. The van der Waals surface area contributed by atoms with Crippen LogP contribution in [0.5, 0.6) is 0 Å². The molecule has 1 atom stereocenters. The van der Waals surface area contributed by atoms with Crippen molar-refractivity contribution in [3.63, 3.8) is 0 Å². The van der Waals surface area contributed by atoms with Gasteiger partial charge in [-0.2, -0.15) is 0 Å². The van der Waals surface area contributed by atoms with E-state index in [1.54, 1.807) is 18.3 Å². The Morgan fingerprint density at radius 1 is 1.37 bits per heavy atom. The number of amides is 1. The summed E-state index contributed by atoms with van der Waals surface area (Å²) in [5, 5.41) is 29.5. The lowest BCUT2D eigenvalue weighted by Crippen LogP contribution is -2.52. The van der Waals surface area contributed by atoms with E-state index >= 15 is 0 Å². The Labute approximate surface area is 177 Å². The number of benzene rings is 1. The summed E-state index contributed by atoms with van der Waals surface area (Å²) in [5.41, 5.74) is 1.55. The van der Waals surface area contributed by atoms with Crippen molar-refractivity contribution in [3.05, 3.63) is 35.9 Å². The minimum atomic E-state index is -1.42. The summed E-state index contributed by atoms with van der Waals surface area (Å²) in [4.78, 5) is 15.2. The van der Waals surface area contributed by atoms with Crippen molar-refractivity contribution >= 4 is 29.0 Å². The molecule has 1 unspecified atom stereocenters. The van der Waals surface area contributed by atoms with Gasteiger partial charge in [0, 0.05) is 32.2 Å². The Bertz CT molecular complexity index is 903. The Hall–Kier alpha value is -2.83. The first kappa shape index (κ1) is 21.9. The van der Waals surface area contributed by atoms with Crippen LogP contribution in [0.3, 0.4) is 0 Å². The molecule has 10 nitrogen and oxygen atoms in total. The molecule has 1 fully saturated rings. The monoisotopic (exact) mass is 438 g/mol.